The van der Waals surface area contributed by atoms with E-state index in [2.05, 4.69) is 14.3 Å². The first kappa shape index (κ1) is 14.8. The van der Waals surface area contributed by atoms with Gasteiger partial charge in [0.2, 0.25) is 11.0 Å². The van der Waals surface area contributed by atoms with E-state index < -0.39 is 0 Å². The molecule has 0 radical (unpaired) electrons. The highest BCUT2D eigenvalue weighted by Gasteiger charge is 2.21. The number of hydrogen-bond acceptors (Lipinski definition) is 6. The molecule has 22 heavy (non-hydrogen) atoms. The predicted octanol–water partition coefficient (Wildman–Crippen LogP) is 2.06. The zero-order chi connectivity index (χ0) is 15.4. The van der Waals surface area contributed by atoms with Gasteiger partial charge in [0.05, 0.1) is 6.26 Å². The Hall–Kier alpha value is -2.15. The number of carbonyl (C=O) groups is 1. The number of carbonyl (C=O) groups excluding carboxylic acids is 1. The summed E-state index contributed by atoms with van der Waals surface area (Å²) in [6.45, 7) is 5.02. The fourth-order valence-corrected chi connectivity index (χ4v) is 3.08. The first-order chi connectivity index (χ1) is 10.8. The maximum atomic E-state index is 12.1. The molecule has 1 aliphatic rings. The van der Waals surface area contributed by atoms with Crippen LogP contribution in [0.2, 0.25) is 0 Å². The molecule has 1 fully saturated rings. The lowest BCUT2D eigenvalue weighted by Gasteiger charge is -2.33. The molecule has 2 aromatic heterocycles. The molecule has 0 spiro atoms. The Balaban J connectivity index is 1.53. The van der Waals surface area contributed by atoms with Gasteiger partial charge in [0.25, 0.3) is 0 Å². The standard InChI is InChI=1S/C15H18N4O2S/c1-2-13-16-15(22-17-13)19-9-7-18(8-10-19)14(20)6-5-12-4-3-11-21-12/h3-6,11H,2,7-10H2,1H3/b6-5-. The van der Waals surface area contributed by atoms with Crippen LogP contribution in [0.15, 0.2) is 28.9 Å². The van der Waals surface area contributed by atoms with E-state index in [-0.39, 0.29) is 5.91 Å². The maximum absolute atomic E-state index is 12.1. The van der Waals surface area contributed by atoms with Crippen molar-refractivity contribution in [3.05, 3.63) is 36.1 Å². The van der Waals surface area contributed by atoms with Gasteiger partial charge in [-0.3, -0.25) is 4.79 Å². The highest BCUT2D eigenvalue weighted by molar-refractivity contribution is 7.09. The molecule has 1 aliphatic heterocycles. The molecule has 0 aliphatic carbocycles. The average Bonchev–Trinajstić information content (AvgIpc) is 3.24. The second kappa shape index (κ2) is 6.74. The van der Waals surface area contributed by atoms with Crippen molar-refractivity contribution in [3.8, 4) is 0 Å². The number of furan rings is 1. The van der Waals surface area contributed by atoms with Crippen LogP contribution >= 0.6 is 11.5 Å². The van der Waals surface area contributed by atoms with Crippen LogP contribution in [0.5, 0.6) is 0 Å². The second-order valence-corrected chi connectivity index (χ2v) is 5.74. The molecule has 0 atom stereocenters. The van der Waals surface area contributed by atoms with Gasteiger partial charge in [-0.1, -0.05) is 6.92 Å². The first-order valence-electron chi connectivity index (χ1n) is 7.34. The molecule has 7 heteroatoms. The third-order valence-electron chi connectivity index (χ3n) is 3.57. The van der Waals surface area contributed by atoms with Crippen LogP contribution in [0, 0.1) is 0 Å². The van der Waals surface area contributed by atoms with Crippen molar-refractivity contribution in [1.29, 1.82) is 0 Å². The summed E-state index contributed by atoms with van der Waals surface area (Å²) in [4.78, 5) is 20.7. The number of amides is 1. The van der Waals surface area contributed by atoms with E-state index >= 15 is 0 Å². The molecule has 0 unspecified atom stereocenters. The minimum atomic E-state index is 0.0163. The van der Waals surface area contributed by atoms with E-state index in [1.807, 2.05) is 17.9 Å². The van der Waals surface area contributed by atoms with Crippen LogP contribution in [0.4, 0.5) is 5.13 Å². The van der Waals surface area contributed by atoms with Gasteiger partial charge >= 0.3 is 0 Å². The average molecular weight is 318 g/mol. The van der Waals surface area contributed by atoms with Crippen molar-refractivity contribution in [2.45, 2.75) is 13.3 Å². The lowest BCUT2D eigenvalue weighted by Crippen LogP contribution is -2.48. The van der Waals surface area contributed by atoms with E-state index in [9.17, 15) is 4.79 Å². The van der Waals surface area contributed by atoms with E-state index in [1.165, 1.54) is 11.5 Å². The van der Waals surface area contributed by atoms with E-state index in [4.69, 9.17) is 4.42 Å². The highest BCUT2D eigenvalue weighted by atomic mass is 32.1. The van der Waals surface area contributed by atoms with Crippen LogP contribution in [0.25, 0.3) is 6.08 Å². The minimum Gasteiger partial charge on any atom is -0.465 e. The number of nitrogens with zero attached hydrogens (tertiary/aromatic N) is 4. The lowest BCUT2D eigenvalue weighted by molar-refractivity contribution is -0.126. The third kappa shape index (κ3) is 3.36. The number of anilines is 1. The zero-order valence-electron chi connectivity index (χ0n) is 12.4. The predicted molar refractivity (Wildman–Crippen MR) is 85.8 cm³/mol. The van der Waals surface area contributed by atoms with Crippen molar-refractivity contribution in [3.63, 3.8) is 0 Å². The normalized spacial score (nSPS) is 15.7. The smallest absolute Gasteiger partial charge is 0.246 e. The Bertz CT molecular complexity index is 642. The summed E-state index contributed by atoms with van der Waals surface area (Å²) in [5, 5.41) is 0.954. The van der Waals surface area contributed by atoms with Crippen molar-refractivity contribution in [2.24, 2.45) is 0 Å². The molecule has 1 amide bonds. The number of rotatable bonds is 4. The summed E-state index contributed by atoms with van der Waals surface area (Å²) in [5.74, 6) is 1.59. The molecule has 6 nitrogen and oxygen atoms in total. The molecular formula is C15H18N4O2S. The molecular weight excluding hydrogens is 300 g/mol. The first-order valence-corrected chi connectivity index (χ1v) is 8.11. The minimum absolute atomic E-state index is 0.0163. The molecule has 2 aromatic rings. The quantitative estimate of drug-likeness (QED) is 0.808. The number of piperazine rings is 1. The number of aryl methyl sites for hydroxylation is 1. The van der Waals surface area contributed by atoms with Crippen LogP contribution in [0.1, 0.15) is 18.5 Å². The Kier molecular flexibility index (Phi) is 4.53. The lowest BCUT2D eigenvalue weighted by atomic mass is 10.3. The van der Waals surface area contributed by atoms with Crippen molar-refractivity contribution < 1.29 is 9.21 Å². The van der Waals surface area contributed by atoms with Gasteiger partial charge in [-0.25, -0.2) is 4.98 Å². The highest BCUT2D eigenvalue weighted by Crippen LogP contribution is 2.19. The van der Waals surface area contributed by atoms with Gasteiger partial charge in [-0.05, 0) is 18.2 Å². The Morgan fingerprint density at radius 2 is 2.23 bits per heavy atom. The van der Waals surface area contributed by atoms with Gasteiger partial charge in [-0.2, -0.15) is 4.37 Å². The number of aromatic nitrogens is 2. The number of hydrogen-bond donors (Lipinski definition) is 0. The fourth-order valence-electron chi connectivity index (χ4n) is 2.28. The van der Waals surface area contributed by atoms with Crippen molar-refractivity contribution in [1.82, 2.24) is 14.3 Å². The molecule has 3 rings (SSSR count). The van der Waals surface area contributed by atoms with Gasteiger partial charge in [-0.15, -0.1) is 0 Å². The van der Waals surface area contributed by atoms with Gasteiger partial charge in [0.1, 0.15) is 11.6 Å². The van der Waals surface area contributed by atoms with Crippen LogP contribution < -0.4 is 4.90 Å². The third-order valence-corrected chi connectivity index (χ3v) is 4.38. The molecule has 0 aromatic carbocycles. The van der Waals surface area contributed by atoms with E-state index in [0.29, 0.717) is 18.8 Å². The molecule has 0 N–H and O–H groups in total. The maximum Gasteiger partial charge on any atom is 0.246 e. The Morgan fingerprint density at radius 3 is 2.86 bits per heavy atom. The van der Waals surface area contributed by atoms with E-state index in [1.54, 1.807) is 24.5 Å². The van der Waals surface area contributed by atoms with Crippen molar-refractivity contribution >= 4 is 28.6 Å². The van der Waals surface area contributed by atoms with Gasteiger partial charge in [0, 0.05) is 50.2 Å². The summed E-state index contributed by atoms with van der Waals surface area (Å²) in [6, 6.07) is 3.62. The van der Waals surface area contributed by atoms with Crippen LogP contribution in [-0.4, -0.2) is 46.3 Å². The van der Waals surface area contributed by atoms with Gasteiger partial charge in [0.15, 0.2) is 0 Å². The molecule has 0 bridgehead atoms. The Morgan fingerprint density at radius 1 is 1.41 bits per heavy atom. The van der Waals surface area contributed by atoms with Crippen molar-refractivity contribution in [2.75, 3.05) is 31.1 Å². The summed E-state index contributed by atoms with van der Waals surface area (Å²) in [7, 11) is 0. The summed E-state index contributed by atoms with van der Waals surface area (Å²) in [6.07, 6.45) is 5.71. The summed E-state index contributed by atoms with van der Waals surface area (Å²) < 4.78 is 9.49. The van der Waals surface area contributed by atoms with Gasteiger partial charge < -0.3 is 14.2 Å². The Labute approximate surface area is 133 Å². The molecule has 1 saturated heterocycles. The fraction of sp³-hybridized carbons (Fsp3) is 0.400. The molecule has 3 heterocycles. The summed E-state index contributed by atoms with van der Waals surface area (Å²) >= 11 is 1.43. The SMILES string of the molecule is CCc1nsc(N2CCN(C(=O)/C=C\c3ccco3)CC2)n1. The molecule has 0 saturated carbocycles. The van der Waals surface area contributed by atoms with E-state index in [0.717, 1.165) is 30.5 Å². The largest absolute Gasteiger partial charge is 0.465 e. The van der Waals surface area contributed by atoms with Crippen LogP contribution in [0.3, 0.4) is 0 Å². The summed E-state index contributed by atoms with van der Waals surface area (Å²) in [5.41, 5.74) is 0. The molecule has 116 valence electrons. The monoisotopic (exact) mass is 318 g/mol. The van der Waals surface area contributed by atoms with Crippen LogP contribution in [-0.2, 0) is 11.2 Å². The zero-order valence-corrected chi connectivity index (χ0v) is 13.3. The second-order valence-electron chi connectivity index (χ2n) is 5.01. The topological polar surface area (TPSA) is 62.5 Å².